The predicted octanol–water partition coefficient (Wildman–Crippen LogP) is -0.584. The van der Waals surface area contributed by atoms with Gasteiger partial charge in [-0.2, -0.15) is 5.10 Å². The number of hydrogen-bond donors (Lipinski definition) is 3. The van der Waals surface area contributed by atoms with Crippen molar-refractivity contribution in [3.8, 4) is 0 Å². The summed E-state index contributed by atoms with van der Waals surface area (Å²) in [7, 11) is 0. The van der Waals surface area contributed by atoms with Gasteiger partial charge in [0.15, 0.2) is 0 Å². The highest BCUT2D eigenvalue weighted by atomic mass is 32.2. The van der Waals surface area contributed by atoms with E-state index in [1.54, 1.807) is 0 Å². The Labute approximate surface area is 71.4 Å². The lowest BCUT2D eigenvalue weighted by molar-refractivity contribution is -0.133. The molecule has 12 heavy (non-hydrogen) atoms. The summed E-state index contributed by atoms with van der Waals surface area (Å²) in [5, 5.41) is 14.1. The number of nitrogens with zero attached hydrogens (tertiary/aromatic N) is 1. The maximum atomic E-state index is 10.5. The number of rotatable bonds is 4. The van der Waals surface area contributed by atoms with E-state index in [4.69, 9.17) is 5.11 Å². The largest absolute Gasteiger partial charge is 0.481 e. The molecule has 0 fully saturated rings. The van der Waals surface area contributed by atoms with Crippen LogP contribution in [0, 0.1) is 0 Å². The lowest BCUT2D eigenvalue weighted by atomic mass is 10.7. The van der Waals surface area contributed by atoms with Crippen molar-refractivity contribution in [1.29, 1.82) is 0 Å². The molecule has 7 heteroatoms. The molecule has 1 aromatic heterocycles. The van der Waals surface area contributed by atoms with Crippen molar-refractivity contribution in [2.45, 2.75) is 5.75 Å². The minimum Gasteiger partial charge on any atom is -0.481 e. The van der Waals surface area contributed by atoms with Gasteiger partial charge in [0.05, 0.1) is 11.5 Å². The molecule has 0 aromatic carbocycles. The average molecular weight is 189 g/mol. The topological polar surface area (TPSA) is 98.8 Å². The van der Waals surface area contributed by atoms with Crippen LogP contribution in [0.2, 0.25) is 0 Å². The molecule has 0 spiro atoms. The molecule has 0 amide bonds. The molecular weight excluding hydrogens is 182 g/mol. The first-order valence-corrected chi connectivity index (χ1v) is 4.27. The number of aromatic nitrogens is 3. The van der Waals surface area contributed by atoms with Gasteiger partial charge in [0, 0.05) is 0 Å². The Morgan fingerprint density at radius 3 is 2.92 bits per heavy atom. The zero-order valence-electron chi connectivity index (χ0n) is 6.03. The first-order valence-electron chi connectivity index (χ1n) is 3.11. The predicted molar refractivity (Wildman–Crippen MR) is 43.0 cm³/mol. The second kappa shape index (κ2) is 3.96. The van der Waals surface area contributed by atoms with Gasteiger partial charge in [-0.25, -0.2) is 9.89 Å². The summed E-state index contributed by atoms with van der Waals surface area (Å²) in [4.78, 5) is 23.0. The molecule has 0 aliphatic heterocycles. The third-order valence-electron chi connectivity index (χ3n) is 1.01. The highest BCUT2D eigenvalue weighted by Gasteiger charge is 2.00. The average Bonchev–Trinajstić information content (AvgIpc) is 2.35. The Kier molecular flexibility index (Phi) is 2.92. The summed E-state index contributed by atoms with van der Waals surface area (Å²) in [5.41, 5.74) is -0.374. The zero-order valence-corrected chi connectivity index (χ0v) is 6.85. The molecule has 1 rings (SSSR count). The van der Waals surface area contributed by atoms with Crippen LogP contribution >= 0.6 is 11.8 Å². The van der Waals surface area contributed by atoms with E-state index < -0.39 is 5.97 Å². The summed E-state index contributed by atoms with van der Waals surface area (Å²) in [6, 6.07) is 0. The Bertz CT molecular complexity index is 318. The van der Waals surface area contributed by atoms with Gasteiger partial charge in [0.2, 0.25) is 0 Å². The minimum atomic E-state index is -0.877. The zero-order chi connectivity index (χ0) is 8.97. The van der Waals surface area contributed by atoms with Crippen molar-refractivity contribution in [3.05, 3.63) is 16.3 Å². The van der Waals surface area contributed by atoms with Crippen LogP contribution in [-0.4, -0.2) is 32.0 Å². The van der Waals surface area contributed by atoms with Crippen LogP contribution in [0.3, 0.4) is 0 Å². The number of aliphatic carboxylic acids is 1. The molecule has 0 unspecified atom stereocenters. The fourth-order valence-electron chi connectivity index (χ4n) is 0.609. The van der Waals surface area contributed by atoms with Crippen LogP contribution in [0.1, 0.15) is 5.82 Å². The molecule has 0 bridgehead atoms. The van der Waals surface area contributed by atoms with Gasteiger partial charge in [-0.15, -0.1) is 11.8 Å². The van der Waals surface area contributed by atoms with Gasteiger partial charge < -0.3 is 5.11 Å². The summed E-state index contributed by atoms with van der Waals surface area (Å²) < 4.78 is 0. The number of H-pyrrole nitrogens is 2. The monoisotopic (exact) mass is 189 g/mol. The van der Waals surface area contributed by atoms with Gasteiger partial charge in [-0.05, 0) is 0 Å². The fraction of sp³-hybridized carbons (Fsp3) is 0.400. The smallest absolute Gasteiger partial charge is 0.340 e. The molecule has 3 N–H and O–H groups in total. The SMILES string of the molecule is O=C(O)CSCc1n[nH]c(=O)[nH]1. The summed E-state index contributed by atoms with van der Waals surface area (Å²) in [6.45, 7) is 0. The van der Waals surface area contributed by atoms with Crippen LogP contribution in [0.4, 0.5) is 0 Å². The maximum absolute atomic E-state index is 10.5. The van der Waals surface area contributed by atoms with Crippen molar-refractivity contribution in [2.24, 2.45) is 0 Å². The first-order chi connectivity index (χ1) is 5.68. The second-order valence-electron chi connectivity index (χ2n) is 2.01. The van der Waals surface area contributed by atoms with E-state index in [0.29, 0.717) is 11.6 Å². The summed E-state index contributed by atoms with van der Waals surface area (Å²) in [6.07, 6.45) is 0. The number of nitrogens with one attached hydrogen (secondary N) is 2. The van der Waals surface area contributed by atoms with Crippen molar-refractivity contribution in [3.63, 3.8) is 0 Å². The normalized spacial score (nSPS) is 10.0. The Morgan fingerprint density at radius 2 is 2.42 bits per heavy atom. The van der Waals surface area contributed by atoms with E-state index in [1.807, 2.05) is 0 Å². The second-order valence-corrected chi connectivity index (χ2v) is 3.00. The number of carboxylic acid groups (broad SMARTS) is 1. The van der Waals surface area contributed by atoms with E-state index in [0.717, 1.165) is 0 Å². The van der Waals surface area contributed by atoms with Gasteiger partial charge >= 0.3 is 11.7 Å². The maximum Gasteiger partial charge on any atom is 0.340 e. The lowest BCUT2D eigenvalue weighted by Crippen LogP contribution is -2.01. The van der Waals surface area contributed by atoms with Gasteiger partial charge in [-0.3, -0.25) is 9.78 Å². The third kappa shape index (κ3) is 2.79. The van der Waals surface area contributed by atoms with Gasteiger partial charge in [-0.1, -0.05) is 0 Å². The molecule has 0 radical (unpaired) electrons. The van der Waals surface area contributed by atoms with Crippen molar-refractivity contribution >= 4 is 17.7 Å². The van der Waals surface area contributed by atoms with E-state index in [-0.39, 0.29) is 11.4 Å². The number of thioether (sulfide) groups is 1. The molecule has 0 atom stereocenters. The van der Waals surface area contributed by atoms with Gasteiger partial charge in [0.1, 0.15) is 5.82 Å². The quantitative estimate of drug-likeness (QED) is 0.588. The summed E-state index contributed by atoms with van der Waals surface area (Å²) >= 11 is 1.18. The Balaban J connectivity index is 2.33. The van der Waals surface area contributed by atoms with Crippen LogP contribution < -0.4 is 5.69 Å². The number of carbonyl (C=O) groups is 1. The molecule has 0 aliphatic rings. The molecule has 1 aromatic rings. The first kappa shape index (κ1) is 8.85. The van der Waals surface area contributed by atoms with Crippen LogP contribution in [-0.2, 0) is 10.5 Å². The standard InChI is InChI=1S/C5H7N3O3S/c9-4(10)2-12-1-3-6-5(11)8-7-3/h1-2H2,(H,9,10)(H2,6,7,8,11). The molecule has 66 valence electrons. The summed E-state index contributed by atoms with van der Waals surface area (Å²) in [5.74, 6) is -0.0101. The van der Waals surface area contributed by atoms with Crippen LogP contribution in [0.15, 0.2) is 4.79 Å². The molecule has 0 aliphatic carbocycles. The molecule has 0 saturated carbocycles. The van der Waals surface area contributed by atoms with E-state index in [1.165, 1.54) is 11.8 Å². The molecular formula is C5H7N3O3S. The number of aromatic amines is 2. The molecule has 6 nitrogen and oxygen atoms in total. The van der Waals surface area contributed by atoms with Crippen LogP contribution in [0.25, 0.3) is 0 Å². The molecule has 0 saturated heterocycles. The third-order valence-corrected chi connectivity index (χ3v) is 1.94. The molecule has 1 heterocycles. The Hall–Kier alpha value is -1.24. The number of carboxylic acids is 1. The highest BCUT2D eigenvalue weighted by Crippen LogP contribution is 2.05. The number of hydrogen-bond acceptors (Lipinski definition) is 4. The van der Waals surface area contributed by atoms with E-state index >= 15 is 0 Å². The fourth-order valence-corrected chi connectivity index (χ4v) is 1.22. The van der Waals surface area contributed by atoms with Crippen molar-refractivity contribution < 1.29 is 9.90 Å². The van der Waals surface area contributed by atoms with E-state index in [2.05, 4.69) is 15.2 Å². The van der Waals surface area contributed by atoms with Gasteiger partial charge in [0.25, 0.3) is 0 Å². The van der Waals surface area contributed by atoms with Crippen molar-refractivity contribution in [2.75, 3.05) is 5.75 Å². The lowest BCUT2D eigenvalue weighted by Gasteiger charge is -1.91. The van der Waals surface area contributed by atoms with E-state index in [9.17, 15) is 9.59 Å². The van der Waals surface area contributed by atoms with Crippen molar-refractivity contribution in [1.82, 2.24) is 15.2 Å². The minimum absolute atomic E-state index is 0.00882. The van der Waals surface area contributed by atoms with Crippen LogP contribution in [0.5, 0.6) is 0 Å². The Morgan fingerprint density at radius 1 is 1.67 bits per heavy atom. The highest BCUT2D eigenvalue weighted by molar-refractivity contribution is 7.99.